The standard InChI is InChI=1S/C17H26N4.HI/c1-20-12-9-18-17(20)19-13-15-7-10-21(11-8-15)14-16-5-3-2-4-6-16;/h2-6,15H,7-14H2,1H3,(H,18,19);1H. The monoisotopic (exact) mass is 414 g/mol. The molecule has 5 heteroatoms. The molecule has 0 amide bonds. The largest absolute Gasteiger partial charge is 0.356 e. The highest BCUT2D eigenvalue weighted by atomic mass is 127. The molecule has 2 aliphatic rings. The molecule has 1 fully saturated rings. The van der Waals surface area contributed by atoms with Crippen molar-refractivity contribution in [2.75, 3.05) is 39.8 Å². The molecule has 22 heavy (non-hydrogen) atoms. The third-order valence-corrected chi connectivity index (χ3v) is 4.56. The Bertz CT molecular complexity index is 469. The van der Waals surface area contributed by atoms with Crippen LogP contribution in [0.2, 0.25) is 0 Å². The average molecular weight is 414 g/mol. The first-order chi connectivity index (χ1) is 10.3. The molecule has 1 aromatic rings. The zero-order valence-corrected chi connectivity index (χ0v) is 15.7. The second-order valence-corrected chi connectivity index (χ2v) is 6.21. The smallest absolute Gasteiger partial charge is 0.193 e. The highest BCUT2D eigenvalue weighted by Gasteiger charge is 2.20. The van der Waals surface area contributed by atoms with Gasteiger partial charge in [-0.05, 0) is 37.4 Å². The maximum absolute atomic E-state index is 4.49. The van der Waals surface area contributed by atoms with E-state index in [4.69, 9.17) is 0 Å². The fourth-order valence-electron chi connectivity index (χ4n) is 3.15. The van der Waals surface area contributed by atoms with Crippen LogP contribution in [0, 0.1) is 5.92 Å². The topological polar surface area (TPSA) is 30.9 Å². The number of likely N-dealkylation sites (tertiary alicyclic amines) is 1. The van der Waals surface area contributed by atoms with Crippen molar-refractivity contribution in [3.05, 3.63) is 35.9 Å². The van der Waals surface area contributed by atoms with Crippen molar-refractivity contribution < 1.29 is 0 Å². The number of nitrogens with one attached hydrogen (secondary N) is 1. The van der Waals surface area contributed by atoms with Crippen molar-refractivity contribution in [1.82, 2.24) is 15.1 Å². The highest BCUT2D eigenvalue weighted by molar-refractivity contribution is 14.0. The molecule has 1 N–H and O–H groups in total. The van der Waals surface area contributed by atoms with Gasteiger partial charge in [-0.25, -0.2) is 0 Å². The van der Waals surface area contributed by atoms with Crippen LogP contribution in [-0.2, 0) is 6.54 Å². The van der Waals surface area contributed by atoms with Crippen LogP contribution in [0.4, 0.5) is 0 Å². The van der Waals surface area contributed by atoms with Crippen molar-refractivity contribution in [2.24, 2.45) is 10.9 Å². The Hall–Kier alpha value is -0.820. The fourth-order valence-corrected chi connectivity index (χ4v) is 3.15. The maximum atomic E-state index is 4.49. The summed E-state index contributed by atoms with van der Waals surface area (Å²) in [5.41, 5.74) is 1.43. The minimum atomic E-state index is 0. The molecule has 0 atom stereocenters. The predicted molar refractivity (Wildman–Crippen MR) is 103 cm³/mol. The lowest BCUT2D eigenvalue weighted by Gasteiger charge is -2.32. The normalized spacial score (nSPS) is 19.7. The number of piperidine rings is 1. The Balaban J connectivity index is 0.00000176. The van der Waals surface area contributed by atoms with Crippen LogP contribution in [0.5, 0.6) is 0 Å². The average Bonchev–Trinajstić information content (AvgIpc) is 2.93. The zero-order valence-electron chi connectivity index (χ0n) is 13.4. The van der Waals surface area contributed by atoms with Gasteiger partial charge in [0, 0.05) is 26.7 Å². The van der Waals surface area contributed by atoms with E-state index in [0.29, 0.717) is 0 Å². The van der Waals surface area contributed by atoms with Crippen LogP contribution in [0.3, 0.4) is 0 Å². The third kappa shape index (κ3) is 4.84. The Morgan fingerprint density at radius 3 is 2.50 bits per heavy atom. The summed E-state index contributed by atoms with van der Waals surface area (Å²) in [5, 5.41) is 3.52. The summed E-state index contributed by atoms with van der Waals surface area (Å²) in [4.78, 5) is 9.28. The number of halogens is 1. The first-order valence-corrected chi connectivity index (χ1v) is 8.07. The molecule has 0 radical (unpaired) electrons. The van der Waals surface area contributed by atoms with Crippen molar-refractivity contribution in [2.45, 2.75) is 19.4 Å². The Kier molecular flexibility index (Phi) is 6.95. The summed E-state index contributed by atoms with van der Waals surface area (Å²) >= 11 is 0. The number of guanidine groups is 1. The third-order valence-electron chi connectivity index (χ3n) is 4.56. The molecule has 2 heterocycles. The Morgan fingerprint density at radius 2 is 1.86 bits per heavy atom. The van der Waals surface area contributed by atoms with Crippen LogP contribution in [0.15, 0.2) is 35.3 Å². The summed E-state index contributed by atoms with van der Waals surface area (Å²) in [6, 6.07) is 10.8. The van der Waals surface area contributed by atoms with E-state index in [0.717, 1.165) is 38.1 Å². The number of aliphatic imine (C=N–C) groups is 1. The molecule has 2 aliphatic heterocycles. The van der Waals surface area contributed by atoms with Gasteiger partial charge in [-0.3, -0.25) is 9.89 Å². The molecule has 0 spiro atoms. The van der Waals surface area contributed by atoms with Gasteiger partial charge < -0.3 is 10.2 Å². The molecule has 122 valence electrons. The maximum Gasteiger partial charge on any atom is 0.193 e. The van der Waals surface area contributed by atoms with Crippen LogP contribution < -0.4 is 5.32 Å². The second-order valence-electron chi connectivity index (χ2n) is 6.21. The number of hydrogen-bond donors (Lipinski definition) is 1. The van der Waals surface area contributed by atoms with E-state index >= 15 is 0 Å². The quantitative estimate of drug-likeness (QED) is 0.768. The Morgan fingerprint density at radius 1 is 1.14 bits per heavy atom. The molecular weight excluding hydrogens is 387 g/mol. The molecule has 0 aliphatic carbocycles. The van der Waals surface area contributed by atoms with Crippen molar-refractivity contribution in [1.29, 1.82) is 0 Å². The van der Waals surface area contributed by atoms with Crippen LogP contribution in [0.25, 0.3) is 0 Å². The van der Waals surface area contributed by atoms with E-state index < -0.39 is 0 Å². The number of rotatable bonds is 4. The van der Waals surface area contributed by atoms with Gasteiger partial charge in [0.05, 0.1) is 6.54 Å². The van der Waals surface area contributed by atoms with Gasteiger partial charge in [-0.2, -0.15) is 0 Å². The van der Waals surface area contributed by atoms with Crippen LogP contribution in [0.1, 0.15) is 18.4 Å². The summed E-state index contributed by atoms with van der Waals surface area (Å²) in [6.45, 7) is 6.58. The van der Waals surface area contributed by atoms with Crippen molar-refractivity contribution in [3.8, 4) is 0 Å². The summed E-state index contributed by atoms with van der Waals surface area (Å²) in [5.74, 6) is 1.87. The number of nitrogens with zero attached hydrogens (tertiary/aromatic N) is 3. The van der Waals surface area contributed by atoms with E-state index in [1.165, 1.54) is 31.5 Å². The minimum absolute atomic E-state index is 0. The zero-order chi connectivity index (χ0) is 14.5. The summed E-state index contributed by atoms with van der Waals surface area (Å²) < 4.78 is 0. The van der Waals surface area contributed by atoms with E-state index in [1.807, 2.05) is 0 Å². The lowest BCUT2D eigenvalue weighted by molar-refractivity contribution is 0.178. The predicted octanol–water partition coefficient (Wildman–Crippen LogP) is 2.41. The second kappa shape index (κ2) is 8.72. The first-order valence-electron chi connectivity index (χ1n) is 8.07. The Labute approximate surface area is 151 Å². The molecule has 4 nitrogen and oxygen atoms in total. The van der Waals surface area contributed by atoms with Crippen molar-refractivity contribution in [3.63, 3.8) is 0 Å². The van der Waals surface area contributed by atoms with E-state index in [1.54, 1.807) is 0 Å². The molecule has 3 rings (SSSR count). The molecule has 0 unspecified atom stereocenters. The number of likely N-dealkylation sites (N-methyl/N-ethyl adjacent to an activating group) is 1. The number of hydrogen-bond acceptors (Lipinski definition) is 4. The fraction of sp³-hybridized carbons (Fsp3) is 0.588. The van der Waals surface area contributed by atoms with E-state index in [2.05, 4.69) is 57.5 Å². The SMILES string of the molecule is CN1CCN=C1NCC1CCN(Cc2ccccc2)CC1.I. The highest BCUT2D eigenvalue weighted by Crippen LogP contribution is 2.18. The van der Waals surface area contributed by atoms with Gasteiger partial charge in [0.2, 0.25) is 0 Å². The van der Waals surface area contributed by atoms with E-state index in [9.17, 15) is 0 Å². The van der Waals surface area contributed by atoms with E-state index in [-0.39, 0.29) is 24.0 Å². The van der Waals surface area contributed by atoms with Crippen LogP contribution >= 0.6 is 24.0 Å². The lowest BCUT2D eigenvalue weighted by atomic mass is 9.96. The van der Waals surface area contributed by atoms with Gasteiger partial charge in [0.1, 0.15) is 0 Å². The lowest BCUT2D eigenvalue weighted by Crippen LogP contribution is -2.41. The number of benzene rings is 1. The van der Waals surface area contributed by atoms with Crippen LogP contribution in [-0.4, -0.2) is 55.5 Å². The summed E-state index contributed by atoms with van der Waals surface area (Å²) in [7, 11) is 2.11. The van der Waals surface area contributed by atoms with Crippen molar-refractivity contribution >= 4 is 29.9 Å². The molecule has 0 bridgehead atoms. The minimum Gasteiger partial charge on any atom is -0.356 e. The molecular formula is C17H27IN4. The van der Waals surface area contributed by atoms with Gasteiger partial charge in [0.25, 0.3) is 0 Å². The van der Waals surface area contributed by atoms with Gasteiger partial charge >= 0.3 is 0 Å². The summed E-state index contributed by atoms with van der Waals surface area (Å²) in [6.07, 6.45) is 2.58. The molecule has 0 saturated carbocycles. The van der Waals surface area contributed by atoms with Gasteiger partial charge in [-0.15, -0.1) is 24.0 Å². The van der Waals surface area contributed by atoms with Gasteiger partial charge in [0.15, 0.2) is 5.96 Å². The molecule has 1 saturated heterocycles. The molecule has 1 aromatic carbocycles. The van der Waals surface area contributed by atoms with Gasteiger partial charge in [-0.1, -0.05) is 30.3 Å². The first kappa shape index (κ1) is 17.5. The molecule has 0 aromatic heterocycles.